The van der Waals surface area contributed by atoms with E-state index in [9.17, 15) is 13.2 Å². The van der Waals surface area contributed by atoms with Crippen molar-refractivity contribution in [2.75, 3.05) is 32.9 Å². The highest BCUT2D eigenvalue weighted by Gasteiger charge is 2.36. The molecule has 24 heavy (non-hydrogen) atoms. The summed E-state index contributed by atoms with van der Waals surface area (Å²) >= 11 is 0. The van der Waals surface area contributed by atoms with Crippen molar-refractivity contribution in [3.05, 3.63) is 0 Å². The molecule has 1 amide bonds. The van der Waals surface area contributed by atoms with E-state index in [-0.39, 0.29) is 29.8 Å². The van der Waals surface area contributed by atoms with Gasteiger partial charge in [-0.1, -0.05) is 19.3 Å². The van der Waals surface area contributed by atoms with Gasteiger partial charge >= 0.3 is 0 Å². The van der Waals surface area contributed by atoms with Gasteiger partial charge in [-0.25, -0.2) is 12.7 Å². The molecule has 1 aliphatic heterocycles. The van der Waals surface area contributed by atoms with Gasteiger partial charge in [-0.2, -0.15) is 0 Å². The van der Waals surface area contributed by atoms with Gasteiger partial charge in [-0.05, 0) is 37.6 Å². The van der Waals surface area contributed by atoms with Crippen LogP contribution in [0, 0.1) is 5.41 Å². The molecule has 1 saturated heterocycles. The van der Waals surface area contributed by atoms with Gasteiger partial charge in [0.1, 0.15) is 0 Å². The standard InChI is InChI=1S/C16H31N3O3S.ClH/c1-18(14-6-10-19(11-7-14)23(2,21)22)15(20)12-16(13-17)8-4-3-5-9-16;/h14H,3-13,17H2,1-2H3;1H. The molecule has 2 N–H and O–H groups in total. The zero-order chi connectivity index (χ0) is 17.1. The van der Waals surface area contributed by atoms with Gasteiger partial charge in [-0.3, -0.25) is 4.79 Å². The summed E-state index contributed by atoms with van der Waals surface area (Å²) in [7, 11) is -1.26. The number of hydrogen-bond acceptors (Lipinski definition) is 4. The lowest BCUT2D eigenvalue weighted by Crippen LogP contribution is -2.48. The van der Waals surface area contributed by atoms with E-state index in [1.165, 1.54) is 29.8 Å². The lowest BCUT2D eigenvalue weighted by atomic mass is 9.71. The number of piperidine rings is 1. The number of nitrogens with two attached hydrogens (primary N) is 1. The molecule has 0 aromatic carbocycles. The molecule has 2 aliphatic rings. The van der Waals surface area contributed by atoms with E-state index in [1.807, 2.05) is 11.9 Å². The second-order valence-corrected chi connectivity index (χ2v) is 9.32. The molecule has 6 nitrogen and oxygen atoms in total. The van der Waals surface area contributed by atoms with Gasteiger partial charge in [0.15, 0.2) is 0 Å². The van der Waals surface area contributed by atoms with Gasteiger partial charge in [0, 0.05) is 32.6 Å². The summed E-state index contributed by atoms with van der Waals surface area (Å²) in [6.07, 6.45) is 8.89. The number of halogens is 1. The molecule has 0 bridgehead atoms. The van der Waals surface area contributed by atoms with Gasteiger partial charge in [0.25, 0.3) is 0 Å². The largest absolute Gasteiger partial charge is 0.343 e. The molecule has 0 spiro atoms. The summed E-state index contributed by atoms with van der Waals surface area (Å²) in [6.45, 7) is 1.59. The fraction of sp³-hybridized carbons (Fsp3) is 0.938. The SMILES string of the molecule is CN(C(=O)CC1(CN)CCCCC1)C1CCN(S(C)(=O)=O)CC1.Cl. The number of nitrogens with zero attached hydrogens (tertiary/aromatic N) is 2. The van der Waals surface area contributed by atoms with Crippen LogP contribution >= 0.6 is 12.4 Å². The molecule has 1 aliphatic carbocycles. The first-order valence-electron chi connectivity index (χ1n) is 8.68. The predicted octanol–water partition coefficient (Wildman–Crippen LogP) is 1.59. The molecule has 0 aromatic rings. The average molecular weight is 382 g/mol. The van der Waals surface area contributed by atoms with E-state index in [0.717, 1.165) is 12.8 Å². The molecular formula is C16H32ClN3O3S. The van der Waals surface area contributed by atoms with Crippen LogP contribution in [0.4, 0.5) is 0 Å². The van der Waals surface area contributed by atoms with E-state index in [4.69, 9.17) is 5.73 Å². The van der Waals surface area contributed by atoms with Gasteiger partial charge in [-0.15, -0.1) is 12.4 Å². The molecule has 8 heteroatoms. The number of amides is 1. The fourth-order valence-corrected chi connectivity index (χ4v) is 4.84. The van der Waals surface area contributed by atoms with Crippen LogP contribution in [0.5, 0.6) is 0 Å². The quantitative estimate of drug-likeness (QED) is 0.783. The monoisotopic (exact) mass is 381 g/mol. The number of carbonyl (C=O) groups excluding carboxylic acids is 1. The first-order chi connectivity index (χ1) is 10.8. The minimum absolute atomic E-state index is 0. The van der Waals surface area contributed by atoms with Gasteiger partial charge in [0.2, 0.25) is 15.9 Å². The summed E-state index contributed by atoms with van der Waals surface area (Å²) in [6, 6.07) is 0.138. The molecule has 2 fully saturated rings. The molecule has 0 aromatic heterocycles. The van der Waals surface area contributed by atoms with E-state index in [1.54, 1.807) is 0 Å². The van der Waals surface area contributed by atoms with E-state index < -0.39 is 10.0 Å². The Hall–Kier alpha value is -0.370. The van der Waals surface area contributed by atoms with Crippen LogP contribution < -0.4 is 5.73 Å². The van der Waals surface area contributed by atoms with E-state index >= 15 is 0 Å². The fourth-order valence-electron chi connectivity index (χ4n) is 3.97. The molecule has 0 atom stereocenters. The third kappa shape index (κ3) is 5.31. The third-order valence-electron chi connectivity index (χ3n) is 5.71. The predicted molar refractivity (Wildman–Crippen MR) is 98.6 cm³/mol. The molecule has 1 saturated carbocycles. The lowest BCUT2D eigenvalue weighted by Gasteiger charge is -2.40. The Bertz CT molecular complexity index is 513. The maximum absolute atomic E-state index is 12.7. The second kappa shape index (κ2) is 8.83. The molecule has 2 rings (SSSR count). The van der Waals surface area contributed by atoms with Crippen molar-refractivity contribution in [2.24, 2.45) is 11.1 Å². The zero-order valence-corrected chi connectivity index (χ0v) is 16.5. The second-order valence-electron chi connectivity index (χ2n) is 7.34. The Morgan fingerprint density at radius 1 is 1.21 bits per heavy atom. The number of sulfonamides is 1. The summed E-state index contributed by atoms with van der Waals surface area (Å²) < 4.78 is 24.6. The number of hydrogen-bond donors (Lipinski definition) is 1. The van der Waals surface area contributed by atoms with Crippen LogP contribution in [0.1, 0.15) is 51.4 Å². The maximum Gasteiger partial charge on any atom is 0.223 e. The Kier molecular flexibility index (Phi) is 7.97. The highest BCUT2D eigenvalue weighted by molar-refractivity contribution is 7.88. The van der Waals surface area contributed by atoms with Crippen LogP contribution in [0.2, 0.25) is 0 Å². The highest BCUT2D eigenvalue weighted by Crippen LogP contribution is 2.39. The van der Waals surface area contributed by atoms with Crippen molar-refractivity contribution >= 4 is 28.3 Å². The summed E-state index contributed by atoms with van der Waals surface area (Å²) in [4.78, 5) is 14.5. The van der Waals surface area contributed by atoms with E-state index in [0.29, 0.717) is 38.9 Å². The average Bonchev–Trinajstić information content (AvgIpc) is 2.54. The smallest absolute Gasteiger partial charge is 0.223 e. The zero-order valence-electron chi connectivity index (χ0n) is 14.9. The van der Waals surface area contributed by atoms with Crippen molar-refractivity contribution in [1.29, 1.82) is 0 Å². The highest BCUT2D eigenvalue weighted by atomic mass is 35.5. The minimum atomic E-state index is -3.12. The van der Waals surface area contributed by atoms with Gasteiger partial charge in [0.05, 0.1) is 6.26 Å². The maximum atomic E-state index is 12.7. The van der Waals surface area contributed by atoms with Crippen molar-refractivity contribution in [3.8, 4) is 0 Å². The van der Waals surface area contributed by atoms with Gasteiger partial charge < -0.3 is 10.6 Å². The topological polar surface area (TPSA) is 83.7 Å². The summed E-state index contributed by atoms with van der Waals surface area (Å²) in [5.41, 5.74) is 5.97. The Morgan fingerprint density at radius 2 is 1.75 bits per heavy atom. The Labute approximate surface area is 152 Å². The van der Waals surface area contributed by atoms with Crippen molar-refractivity contribution in [2.45, 2.75) is 57.4 Å². The molecule has 0 radical (unpaired) electrons. The first kappa shape index (κ1) is 21.7. The third-order valence-corrected chi connectivity index (χ3v) is 7.01. The normalized spacial score (nSPS) is 22.6. The van der Waals surface area contributed by atoms with Crippen molar-refractivity contribution in [3.63, 3.8) is 0 Å². The number of carbonyl (C=O) groups is 1. The van der Waals surface area contributed by atoms with Crippen LogP contribution in [-0.4, -0.2) is 62.5 Å². The molecule has 142 valence electrons. The lowest BCUT2D eigenvalue weighted by molar-refractivity contribution is -0.135. The van der Waals surface area contributed by atoms with Crippen LogP contribution in [0.25, 0.3) is 0 Å². The Morgan fingerprint density at radius 3 is 2.21 bits per heavy atom. The summed E-state index contributed by atoms with van der Waals surface area (Å²) in [5, 5.41) is 0. The molecule has 1 heterocycles. The minimum Gasteiger partial charge on any atom is -0.343 e. The Balaban J connectivity index is 0.00000288. The van der Waals surface area contributed by atoms with Crippen LogP contribution in [0.15, 0.2) is 0 Å². The van der Waals surface area contributed by atoms with Crippen LogP contribution in [0.3, 0.4) is 0 Å². The van der Waals surface area contributed by atoms with Crippen molar-refractivity contribution in [1.82, 2.24) is 9.21 Å². The molecule has 0 unspecified atom stereocenters. The first-order valence-corrected chi connectivity index (χ1v) is 10.5. The summed E-state index contributed by atoms with van der Waals surface area (Å²) in [5.74, 6) is 0.162. The molecular weight excluding hydrogens is 350 g/mol. The van der Waals surface area contributed by atoms with E-state index in [2.05, 4.69) is 0 Å². The number of rotatable bonds is 5. The van der Waals surface area contributed by atoms with Crippen LogP contribution in [-0.2, 0) is 14.8 Å². The van der Waals surface area contributed by atoms with Crippen molar-refractivity contribution < 1.29 is 13.2 Å².